The minimum atomic E-state index is -0.0951. The SMILES string of the molecule is CCOCCCc1nnc(CO)n1CCOC. The van der Waals surface area contributed by atoms with Gasteiger partial charge in [-0.25, -0.2) is 0 Å². The molecule has 98 valence electrons. The molecule has 1 aromatic heterocycles. The summed E-state index contributed by atoms with van der Waals surface area (Å²) in [6.07, 6.45) is 1.71. The standard InChI is InChI=1S/C11H21N3O3/c1-3-17-7-4-5-10-12-13-11(9-15)14(10)6-8-16-2/h15H,3-9H2,1-2H3. The molecule has 0 unspecified atom stereocenters. The van der Waals surface area contributed by atoms with Crippen LogP contribution in [-0.2, 0) is 29.0 Å². The maximum atomic E-state index is 9.15. The molecule has 6 heteroatoms. The lowest BCUT2D eigenvalue weighted by atomic mass is 10.3. The van der Waals surface area contributed by atoms with Crippen LogP contribution in [0.4, 0.5) is 0 Å². The van der Waals surface area contributed by atoms with E-state index in [-0.39, 0.29) is 6.61 Å². The second kappa shape index (κ2) is 8.16. The number of hydrogen-bond donors (Lipinski definition) is 1. The van der Waals surface area contributed by atoms with Crippen molar-refractivity contribution >= 4 is 0 Å². The third kappa shape index (κ3) is 4.41. The lowest BCUT2D eigenvalue weighted by Gasteiger charge is -2.08. The molecular formula is C11H21N3O3. The average Bonchev–Trinajstić information content (AvgIpc) is 2.74. The lowest BCUT2D eigenvalue weighted by Crippen LogP contribution is -2.12. The second-order valence-corrected chi connectivity index (χ2v) is 3.64. The van der Waals surface area contributed by atoms with Gasteiger partial charge in [-0.15, -0.1) is 10.2 Å². The Hall–Kier alpha value is -0.980. The Kier molecular flexibility index (Phi) is 6.76. The first-order valence-electron chi connectivity index (χ1n) is 5.92. The summed E-state index contributed by atoms with van der Waals surface area (Å²) in [5.74, 6) is 1.47. The van der Waals surface area contributed by atoms with Gasteiger partial charge in [0.1, 0.15) is 12.4 Å². The zero-order valence-electron chi connectivity index (χ0n) is 10.6. The number of aromatic nitrogens is 3. The van der Waals surface area contributed by atoms with Gasteiger partial charge < -0.3 is 19.1 Å². The molecular weight excluding hydrogens is 222 g/mol. The molecule has 0 aromatic carbocycles. The Morgan fingerprint density at radius 3 is 2.65 bits per heavy atom. The molecule has 0 saturated heterocycles. The quantitative estimate of drug-likeness (QED) is 0.635. The number of nitrogens with zero attached hydrogens (tertiary/aromatic N) is 3. The minimum Gasteiger partial charge on any atom is -0.388 e. The van der Waals surface area contributed by atoms with Crippen LogP contribution in [-0.4, -0.2) is 46.8 Å². The van der Waals surface area contributed by atoms with E-state index in [2.05, 4.69) is 10.2 Å². The van der Waals surface area contributed by atoms with Crippen LogP contribution in [0.25, 0.3) is 0 Å². The summed E-state index contributed by atoms with van der Waals surface area (Å²) in [4.78, 5) is 0. The smallest absolute Gasteiger partial charge is 0.158 e. The van der Waals surface area contributed by atoms with Crippen molar-refractivity contribution in [2.45, 2.75) is 32.9 Å². The Morgan fingerprint density at radius 2 is 2.00 bits per heavy atom. The predicted octanol–water partition coefficient (Wildman–Crippen LogP) is 0.386. The summed E-state index contributed by atoms with van der Waals surface area (Å²) in [7, 11) is 1.65. The molecule has 0 fully saturated rings. The van der Waals surface area contributed by atoms with Gasteiger partial charge in [0.15, 0.2) is 5.82 Å². The summed E-state index contributed by atoms with van der Waals surface area (Å²) in [5, 5.41) is 17.2. The van der Waals surface area contributed by atoms with Gasteiger partial charge in [-0.05, 0) is 13.3 Å². The summed E-state index contributed by atoms with van der Waals surface area (Å²) >= 11 is 0. The molecule has 0 spiro atoms. The number of methoxy groups -OCH3 is 1. The van der Waals surface area contributed by atoms with Crippen molar-refractivity contribution < 1.29 is 14.6 Å². The van der Waals surface area contributed by atoms with Crippen molar-refractivity contribution in [1.29, 1.82) is 0 Å². The number of aryl methyl sites for hydroxylation is 1. The normalized spacial score (nSPS) is 11.0. The molecule has 0 aliphatic heterocycles. The fourth-order valence-corrected chi connectivity index (χ4v) is 1.59. The van der Waals surface area contributed by atoms with Crippen LogP contribution in [0.15, 0.2) is 0 Å². The van der Waals surface area contributed by atoms with Gasteiger partial charge in [-0.1, -0.05) is 0 Å². The number of ether oxygens (including phenoxy) is 2. The van der Waals surface area contributed by atoms with Crippen molar-refractivity contribution in [2.24, 2.45) is 0 Å². The lowest BCUT2D eigenvalue weighted by molar-refractivity contribution is 0.144. The highest BCUT2D eigenvalue weighted by Crippen LogP contribution is 2.05. The summed E-state index contributed by atoms with van der Waals surface area (Å²) in [6.45, 7) is 4.60. The van der Waals surface area contributed by atoms with Crippen molar-refractivity contribution in [3.05, 3.63) is 11.6 Å². The van der Waals surface area contributed by atoms with Crippen LogP contribution in [0.3, 0.4) is 0 Å². The molecule has 1 aromatic rings. The number of rotatable bonds is 9. The maximum Gasteiger partial charge on any atom is 0.158 e. The van der Waals surface area contributed by atoms with Gasteiger partial charge in [-0.3, -0.25) is 0 Å². The van der Waals surface area contributed by atoms with E-state index < -0.39 is 0 Å². The number of aliphatic hydroxyl groups is 1. The van der Waals surface area contributed by atoms with Gasteiger partial charge >= 0.3 is 0 Å². The highest BCUT2D eigenvalue weighted by atomic mass is 16.5. The second-order valence-electron chi connectivity index (χ2n) is 3.64. The average molecular weight is 243 g/mol. The largest absolute Gasteiger partial charge is 0.388 e. The summed E-state index contributed by atoms with van der Waals surface area (Å²) < 4.78 is 12.2. The zero-order chi connectivity index (χ0) is 12.5. The van der Waals surface area contributed by atoms with Crippen LogP contribution >= 0.6 is 0 Å². The van der Waals surface area contributed by atoms with Gasteiger partial charge in [0.25, 0.3) is 0 Å². The molecule has 1 heterocycles. The first kappa shape index (κ1) is 14.1. The molecule has 1 rings (SSSR count). The molecule has 0 amide bonds. The molecule has 0 bridgehead atoms. The first-order chi connectivity index (χ1) is 8.33. The maximum absolute atomic E-state index is 9.15. The Labute approximate surface area is 102 Å². The van der Waals surface area contributed by atoms with Crippen LogP contribution in [0.5, 0.6) is 0 Å². The van der Waals surface area contributed by atoms with Gasteiger partial charge in [0.05, 0.1) is 6.61 Å². The minimum absolute atomic E-state index is 0.0951. The first-order valence-corrected chi connectivity index (χ1v) is 5.92. The van der Waals surface area contributed by atoms with Gasteiger partial charge in [0, 0.05) is 33.3 Å². The molecule has 0 aliphatic carbocycles. The molecule has 1 N–H and O–H groups in total. The fourth-order valence-electron chi connectivity index (χ4n) is 1.59. The zero-order valence-corrected chi connectivity index (χ0v) is 10.6. The Balaban J connectivity index is 2.53. The predicted molar refractivity (Wildman–Crippen MR) is 62.6 cm³/mol. The van der Waals surface area contributed by atoms with E-state index in [9.17, 15) is 0 Å². The number of hydrogen-bond acceptors (Lipinski definition) is 5. The van der Waals surface area contributed by atoms with E-state index in [0.29, 0.717) is 19.0 Å². The highest BCUT2D eigenvalue weighted by Gasteiger charge is 2.10. The van der Waals surface area contributed by atoms with Gasteiger partial charge in [0.2, 0.25) is 0 Å². The van der Waals surface area contributed by atoms with Crippen LogP contribution in [0, 0.1) is 0 Å². The molecule has 6 nitrogen and oxygen atoms in total. The van der Waals surface area contributed by atoms with Crippen molar-refractivity contribution in [3.63, 3.8) is 0 Å². The van der Waals surface area contributed by atoms with Crippen molar-refractivity contribution in [2.75, 3.05) is 26.9 Å². The van der Waals surface area contributed by atoms with Crippen molar-refractivity contribution in [1.82, 2.24) is 14.8 Å². The molecule has 0 aliphatic rings. The van der Waals surface area contributed by atoms with E-state index in [0.717, 1.165) is 31.9 Å². The molecule has 17 heavy (non-hydrogen) atoms. The van der Waals surface area contributed by atoms with Gasteiger partial charge in [-0.2, -0.15) is 0 Å². The Bertz CT molecular complexity index is 315. The van der Waals surface area contributed by atoms with Crippen LogP contribution < -0.4 is 0 Å². The van der Waals surface area contributed by atoms with E-state index in [1.165, 1.54) is 0 Å². The third-order valence-electron chi connectivity index (χ3n) is 2.46. The number of aliphatic hydroxyl groups excluding tert-OH is 1. The topological polar surface area (TPSA) is 69.4 Å². The Morgan fingerprint density at radius 1 is 1.24 bits per heavy atom. The van der Waals surface area contributed by atoms with E-state index >= 15 is 0 Å². The highest BCUT2D eigenvalue weighted by molar-refractivity contribution is 4.95. The monoisotopic (exact) mass is 243 g/mol. The molecule has 0 radical (unpaired) electrons. The molecule has 0 saturated carbocycles. The van der Waals surface area contributed by atoms with Crippen LogP contribution in [0.1, 0.15) is 25.0 Å². The molecule has 0 atom stereocenters. The summed E-state index contributed by atoms with van der Waals surface area (Å²) in [5.41, 5.74) is 0. The van der Waals surface area contributed by atoms with E-state index in [4.69, 9.17) is 14.6 Å². The van der Waals surface area contributed by atoms with Crippen molar-refractivity contribution in [3.8, 4) is 0 Å². The third-order valence-corrected chi connectivity index (χ3v) is 2.46. The summed E-state index contributed by atoms with van der Waals surface area (Å²) in [6, 6.07) is 0. The van der Waals surface area contributed by atoms with Crippen LogP contribution in [0.2, 0.25) is 0 Å². The van der Waals surface area contributed by atoms with E-state index in [1.54, 1.807) is 7.11 Å². The fraction of sp³-hybridized carbons (Fsp3) is 0.818. The van der Waals surface area contributed by atoms with E-state index in [1.807, 2.05) is 11.5 Å².